The fourth-order valence-corrected chi connectivity index (χ4v) is 3.35. The van der Waals surface area contributed by atoms with Crippen molar-refractivity contribution in [2.24, 2.45) is 0 Å². The topological polar surface area (TPSA) is 26.7 Å². The predicted molar refractivity (Wildman–Crippen MR) is 96.7 cm³/mol. The van der Waals surface area contributed by atoms with Gasteiger partial charge < -0.3 is 10.0 Å². The second kappa shape index (κ2) is 7.16. The lowest BCUT2D eigenvalue weighted by molar-refractivity contribution is 0.153. The number of anilines is 1. The van der Waals surface area contributed by atoms with Crippen molar-refractivity contribution in [3.05, 3.63) is 54.1 Å². The van der Waals surface area contributed by atoms with E-state index in [0.717, 1.165) is 19.5 Å². The smallest absolute Gasteiger partial charge is 0.0587 e. The minimum Gasteiger partial charge on any atom is -0.395 e. The fraction of sp³-hybridized carbons (Fsp3) is 0.400. The first-order chi connectivity index (χ1) is 11.2. The standard InChI is InChI=1S/C20H26N2O/c1-21(2)19-10-8-17(9-11-19)18-6-3-5-16(13-18)14-22-12-4-7-20(22)15-23/h3,5-6,8-11,13,20,23H,4,7,12,14-15H2,1-2H3/t20-/m0/s1. The van der Waals surface area contributed by atoms with E-state index in [2.05, 4.69) is 72.4 Å². The van der Waals surface area contributed by atoms with Crippen LogP contribution in [0.4, 0.5) is 5.69 Å². The highest BCUT2D eigenvalue weighted by Crippen LogP contribution is 2.25. The molecule has 1 N–H and O–H groups in total. The molecule has 3 heteroatoms. The molecule has 1 aliphatic heterocycles. The van der Waals surface area contributed by atoms with Gasteiger partial charge in [0.05, 0.1) is 6.61 Å². The number of rotatable bonds is 5. The molecule has 0 spiro atoms. The molecule has 2 aromatic carbocycles. The van der Waals surface area contributed by atoms with E-state index in [1.54, 1.807) is 0 Å². The average molecular weight is 310 g/mol. The zero-order valence-corrected chi connectivity index (χ0v) is 14.1. The summed E-state index contributed by atoms with van der Waals surface area (Å²) in [4.78, 5) is 4.51. The maximum absolute atomic E-state index is 9.47. The minimum absolute atomic E-state index is 0.270. The van der Waals surface area contributed by atoms with Crippen molar-refractivity contribution >= 4 is 5.69 Å². The third-order valence-electron chi connectivity index (χ3n) is 4.74. The molecule has 1 saturated heterocycles. The van der Waals surface area contributed by atoms with E-state index in [1.165, 1.54) is 28.8 Å². The van der Waals surface area contributed by atoms with Crippen LogP contribution in [0.2, 0.25) is 0 Å². The van der Waals surface area contributed by atoms with E-state index >= 15 is 0 Å². The van der Waals surface area contributed by atoms with E-state index in [1.807, 2.05) is 0 Å². The molecule has 0 bridgehead atoms. The van der Waals surface area contributed by atoms with Crippen LogP contribution in [0.25, 0.3) is 11.1 Å². The lowest BCUT2D eigenvalue weighted by atomic mass is 10.0. The van der Waals surface area contributed by atoms with Crippen molar-refractivity contribution in [2.45, 2.75) is 25.4 Å². The first-order valence-corrected chi connectivity index (χ1v) is 8.39. The number of nitrogens with zero attached hydrogens (tertiary/aromatic N) is 2. The van der Waals surface area contributed by atoms with E-state index in [4.69, 9.17) is 0 Å². The summed E-state index contributed by atoms with van der Waals surface area (Å²) in [5.74, 6) is 0. The molecule has 3 rings (SSSR count). The van der Waals surface area contributed by atoms with Crippen LogP contribution in [0, 0.1) is 0 Å². The van der Waals surface area contributed by atoms with Crippen molar-refractivity contribution in [2.75, 3.05) is 32.1 Å². The Kier molecular flexibility index (Phi) is 4.99. The van der Waals surface area contributed by atoms with Crippen LogP contribution in [-0.2, 0) is 6.54 Å². The number of hydrogen-bond donors (Lipinski definition) is 1. The molecule has 2 aromatic rings. The summed E-state index contributed by atoms with van der Waals surface area (Å²) in [6.45, 7) is 2.29. The summed E-state index contributed by atoms with van der Waals surface area (Å²) >= 11 is 0. The molecule has 3 nitrogen and oxygen atoms in total. The highest BCUT2D eigenvalue weighted by Gasteiger charge is 2.23. The van der Waals surface area contributed by atoms with Gasteiger partial charge in [0.25, 0.3) is 0 Å². The van der Waals surface area contributed by atoms with Gasteiger partial charge in [-0.2, -0.15) is 0 Å². The van der Waals surface area contributed by atoms with Gasteiger partial charge in [0, 0.05) is 32.4 Å². The lowest BCUT2D eigenvalue weighted by Crippen LogP contribution is -2.31. The molecule has 1 fully saturated rings. The molecule has 1 atom stereocenters. The molecule has 0 aromatic heterocycles. The Morgan fingerprint density at radius 3 is 2.57 bits per heavy atom. The SMILES string of the molecule is CN(C)c1ccc(-c2cccc(CN3CCC[C@H]3CO)c2)cc1. The van der Waals surface area contributed by atoms with Crippen LogP contribution in [0.5, 0.6) is 0 Å². The molecule has 23 heavy (non-hydrogen) atoms. The molecule has 1 heterocycles. The quantitative estimate of drug-likeness (QED) is 0.917. The molecule has 122 valence electrons. The second-order valence-corrected chi connectivity index (χ2v) is 6.59. The normalized spacial score (nSPS) is 18.3. The van der Waals surface area contributed by atoms with E-state index in [0.29, 0.717) is 6.04 Å². The molecule has 0 unspecified atom stereocenters. The first-order valence-electron chi connectivity index (χ1n) is 8.39. The zero-order valence-electron chi connectivity index (χ0n) is 14.1. The number of hydrogen-bond acceptors (Lipinski definition) is 3. The summed E-state index contributed by atoms with van der Waals surface area (Å²) in [6, 6.07) is 17.8. The Bertz CT molecular complexity index is 636. The van der Waals surface area contributed by atoms with E-state index in [9.17, 15) is 5.11 Å². The van der Waals surface area contributed by atoms with Crippen molar-refractivity contribution in [1.29, 1.82) is 0 Å². The van der Waals surface area contributed by atoms with Gasteiger partial charge in [0.1, 0.15) is 0 Å². The Balaban J connectivity index is 1.77. The molecule has 0 aliphatic carbocycles. The second-order valence-electron chi connectivity index (χ2n) is 6.59. The van der Waals surface area contributed by atoms with Crippen LogP contribution in [-0.4, -0.2) is 43.3 Å². The van der Waals surface area contributed by atoms with Gasteiger partial charge in [-0.05, 0) is 54.3 Å². The highest BCUT2D eigenvalue weighted by molar-refractivity contribution is 5.66. The predicted octanol–water partition coefficient (Wildman–Crippen LogP) is 3.38. The van der Waals surface area contributed by atoms with Gasteiger partial charge in [-0.15, -0.1) is 0 Å². The third kappa shape index (κ3) is 3.74. The maximum atomic E-state index is 9.47. The molecule has 1 aliphatic rings. The first kappa shape index (κ1) is 16.0. The van der Waals surface area contributed by atoms with Gasteiger partial charge >= 0.3 is 0 Å². The molecule has 0 radical (unpaired) electrons. The molecule has 0 amide bonds. The number of aliphatic hydroxyl groups is 1. The summed E-state index contributed by atoms with van der Waals surface area (Å²) in [7, 11) is 4.12. The van der Waals surface area contributed by atoms with Crippen LogP contribution in [0.15, 0.2) is 48.5 Å². The molecular formula is C20H26N2O. The van der Waals surface area contributed by atoms with Crippen molar-refractivity contribution in [1.82, 2.24) is 4.90 Å². The summed E-state index contributed by atoms with van der Waals surface area (Å²) < 4.78 is 0. The van der Waals surface area contributed by atoms with Crippen molar-refractivity contribution < 1.29 is 5.11 Å². The lowest BCUT2D eigenvalue weighted by Gasteiger charge is -2.22. The molecular weight excluding hydrogens is 284 g/mol. The van der Waals surface area contributed by atoms with Crippen LogP contribution < -0.4 is 4.90 Å². The maximum Gasteiger partial charge on any atom is 0.0587 e. The van der Waals surface area contributed by atoms with Gasteiger partial charge in [-0.1, -0.05) is 30.3 Å². The fourth-order valence-electron chi connectivity index (χ4n) is 3.35. The number of benzene rings is 2. The summed E-state index contributed by atoms with van der Waals surface area (Å²) in [6.07, 6.45) is 2.30. The van der Waals surface area contributed by atoms with Crippen molar-refractivity contribution in [3.8, 4) is 11.1 Å². The van der Waals surface area contributed by atoms with Crippen LogP contribution in [0.3, 0.4) is 0 Å². The Morgan fingerprint density at radius 1 is 1.09 bits per heavy atom. The Labute approximate surface area is 139 Å². The number of aliphatic hydroxyl groups excluding tert-OH is 1. The third-order valence-corrected chi connectivity index (χ3v) is 4.74. The average Bonchev–Trinajstić information content (AvgIpc) is 3.02. The van der Waals surface area contributed by atoms with Gasteiger partial charge in [-0.25, -0.2) is 0 Å². The van der Waals surface area contributed by atoms with Crippen LogP contribution in [0.1, 0.15) is 18.4 Å². The monoisotopic (exact) mass is 310 g/mol. The van der Waals surface area contributed by atoms with Gasteiger partial charge in [-0.3, -0.25) is 4.90 Å². The Hall–Kier alpha value is -1.84. The van der Waals surface area contributed by atoms with Crippen molar-refractivity contribution in [3.63, 3.8) is 0 Å². The van der Waals surface area contributed by atoms with E-state index < -0.39 is 0 Å². The zero-order chi connectivity index (χ0) is 16.2. The Morgan fingerprint density at radius 2 is 1.87 bits per heavy atom. The highest BCUT2D eigenvalue weighted by atomic mass is 16.3. The van der Waals surface area contributed by atoms with E-state index in [-0.39, 0.29) is 6.61 Å². The van der Waals surface area contributed by atoms with Gasteiger partial charge in [0.15, 0.2) is 0 Å². The van der Waals surface area contributed by atoms with Gasteiger partial charge in [0.2, 0.25) is 0 Å². The summed E-state index contributed by atoms with van der Waals surface area (Å²) in [5, 5.41) is 9.47. The summed E-state index contributed by atoms with van der Waals surface area (Å²) in [5.41, 5.74) is 5.04. The molecule has 0 saturated carbocycles. The largest absolute Gasteiger partial charge is 0.395 e. The van der Waals surface area contributed by atoms with Crippen LogP contribution >= 0.6 is 0 Å². The number of likely N-dealkylation sites (tertiary alicyclic amines) is 1. The minimum atomic E-state index is 0.270.